The van der Waals surface area contributed by atoms with Crippen molar-refractivity contribution in [2.75, 3.05) is 4.72 Å². The molecule has 1 aromatic heterocycles. The first-order chi connectivity index (χ1) is 9.29. The van der Waals surface area contributed by atoms with Gasteiger partial charge in [-0.05, 0) is 13.0 Å². The number of sulfonamides is 1. The fraction of sp³-hybridized carbons (Fsp3) is 0.111. The lowest BCUT2D eigenvalue weighted by molar-refractivity contribution is -0.385. The Balaban J connectivity index is 2.43. The highest BCUT2D eigenvalue weighted by Crippen LogP contribution is 2.27. The van der Waals surface area contributed by atoms with Gasteiger partial charge in [-0.25, -0.2) is 13.1 Å². The quantitative estimate of drug-likeness (QED) is 0.671. The molecule has 0 bridgehead atoms. The second-order valence-electron chi connectivity index (χ2n) is 3.62. The van der Waals surface area contributed by atoms with Gasteiger partial charge < -0.3 is 4.52 Å². The van der Waals surface area contributed by atoms with Crippen LogP contribution in [0.3, 0.4) is 0 Å². The molecule has 0 fully saturated rings. The fourth-order valence-electron chi connectivity index (χ4n) is 1.32. The molecule has 0 saturated heterocycles. The molecule has 106 valence electrons. The topological polar surface area (TPSA) is 128 Å². The van der Waals surface area contributed by atoms with E-state index in [-0.39, 0.29) is 16.9 Å². The van der Waals surface area contributed by atoms with Crippen LogP contribution in [0.25, 0.3) is 0 Å². The van der Waals surface area contributed by atoms with Gasteiger partial charge in [0, 0.05) is 12.1 Å². The maximum absolute atomic E-state index is 12.1. The van der Waals surface area contributed by atoms with Gasteiger partial charge in [0.2, 0.25) is 0 Å². The second kappa shape index (κ2) is 5.06. The number of halogens is 1. The van der Waals surface area contributed by atoms with E-state index in [1.165, 1.54) is 6.92 Å². The number of rotatable bonds is 4. The lowest BCUT2D eigenvalue weighted by Crippen LogP contribution is -2.14. The molecule has 1 aromatic carbocycles. The number of anilines is 1. The molecule has 1 heterocycles. The zero-order valence-electron chi connectivity index (χ0n) is 9.90. The van der Waals surface area contributed by atoms with E-state index < -0.39 is 25.5 Å². The average molecular weight is 319 g/mol. The molecule has 0 aliphatic carbocycles. The highest BCUT2D eigenvalue weighted by Gasteiger charge is 2.23. The van der Waals surface area contributed by atoms with Crippen LogP contribution < -0.4 is 4.72 Å². The molecule has 0 aliphatic rings. The van der Waals surface area contributed by atoms with Crippen molar-refractivity contribution >= 4 is 33.3 Å². The van der Waals surface area contributed by atoms with Gasteiger partial charge >= 0.3 is 6.01 Å². The first kappa shape index (κ1) is 14.2. The van der Waals surface area contributed by atoms with Crippen LogP contribution in [-0.4, -0.2) is 23.5 Å². The van der Waals surface area contributed by atoms with E-state index in [0.717, 1.165) is 18.2 Å². The summed E-state index contributed by atoms with van der Waals surface area (Å²) in [5.41, 5.74) is -0.406. The first-order valence-corrected chi connectivity index (χ1v) is 6.93. The van der Waals surface area contributed by atoms with Crippen LogP contribution in [0, 0.1) is 17.0 Å². The maximum atomic E-state index is 12.1. The van der Waals surface area contributed by atoms with Crippen molar-refractivity contribution in [2.24, 2.45) is 0 Å². The number of hydrogen-bond acceptors (Lipinski definition) is 7. The molecule has 0 saturated carbocycles. The molecule has 0 amide bonds. The largest absolute Gasteiger partial charge is 0.335 e. The molecule has 1 N–H and O–H groups in total. The van der Waals surface area contributed by atoms with Crippen LogP contribution in [-0.2, 0) is 10.0 Å². The number of nitro benzene ring substituents is 1. The van der Waals surface area contributed by atoms with Crippen molar-refractivity contribution in [3.63, 3.8) is 0 Å². The molecule has 0 atom stereocenters. The Bertz CT molecular complexity index is 772. The minimum atomic E-state index is -4.17. The van der Waals surface area contributed by atoms with Crippen LogP contribution in [0.2, 0.25) is 5.02 Å². The lowest BCUT2D eigenvalue weighted by Gasteiger charge is -2.05. The van der Waals surface area contributed by atoms with E-state index in [1.54, 1.807) is 0 Å². The third-order valence-corrected chi connectivity index (χ3v) is 3.97. The summed E-state index contributed by atoms with van der Waals surface area (Å²) in [6.07, 6.45) is 0. The molecule has 0 aliphatic heterocycles. The number of benzene rings is 1. The number of nitrogens with zero attached hydrogens (tertiary/aromatic N) is 3. The zero-order valence-corrected chi connectivity index (χ0v) is 11.5. The molecule has 11 heteroatoms. The minimum absolute atomic E-state index is 0.167. The molecule has 2 aromatic rings. The van der Waals surface area contributed by atoms with Crippen molar-refractivity contribution in [1.82, 2.24) is 10.1 Å². The number of aryl methyl sites for hydroxylation is 1. The minimum Gasteiger partial charge on any atom is -0.314 e. The van der Waals surface area contributed by atoms with Crippen molar-refractivity contribution < 1.29 is 17.9 Å². The predicted octanol–water partition coefficient (Wildman–Crippen LogP) is 1.74. The number of nitrogens with one attached hydrogen (secondary N) is 1. The molecular weight excluding hydrogens is 312 g/mol. The Morgan fingerprint density at radius 1 is 1.45 bits per heavy atom. The van der Waals surface area contributed by atoms with Gasteiger partial charge in [0.25, 0.3) is 15.7 Å². The standard InChI is InChI=1S/C9H7ClN4O5S/c1-5-11-9(19-12-5)13-20(17,18)8-4-6(14(15)16)2-3-7(8)10/h2-4H,1H3,(H,11,12,13). The predicted molar refractivity (Wildman–Crippen MR) is 67.9 cm³/mol. The van der Waals surface area contributed by atoms with Crippen LogP contribution in [0.5, 0.6) is 0 Å². The van der Waals surface area contributed by atoms with Gasteiger partial charge in [-0.3, -0.25) is 10.1 Å². The highest BCUT2D eigenvalue weighted by atomic mass is 35.5. The van der Waals surface area contributed by atoms with E-state index in [0.29, 0.717) is 0 Å². The molecular formula is C9H7ClN4O5S. The van der Waals surface area contributed by atoms with E-state index in [4.69, 9.17) is 11.6 Å². The summed E-state index contributed by atoms with van der Waals surface area (Å²) in [4.78, 5) is 13.1. The molecule has 2 rings (SSSR count). The third kappa shape index (κ3) is 2.86. The summed E-state index contributed by atoms with van der Waals surface area (Å²) in [7, 11) is -4.17. The molecule has 0 spiro atoms. The smallest absolute Gasteiger partial charge is 0.314 e. The second-order valence-corrected chi connectivity index (χ2v) is 5.68. The van der Waals surface area contributed by atoms with E-state index in [2.05, 4.69) is 14.7 Å². The van der Waals surface area contributed by atoms with Crippen LogP contribution in [0.4, 0.5) is 11.7 Å². The Labute approximate surface area is 117 Å². The van der Waals surface area contributed by atoms with Crippen molar-refractivity contribution in [1.29, 1.82) is 0 Å². The lowest BCUT2D eigenvalue weighted by atomic mass is 10.3. The van der Waals surface area contributed by atoms with Crippen molar-refractivity contribution in [3.8, 4) is 0 Å². The molecule has 9 nitrogen and oxygen atoms in total. The number of hydrogen-bond donors (Lipinski definition) is 1. The van der Waals surface area contributed by atoms with Crippen LogP contribution in [0.1, 0.15) is 5.82 Å². The first-order valence-electron chi connectivity index (χ1n) is 5.06. The SMILES string of the molecule is Cc1noc(NS(=O)(=O)c2cc([N+](=O)[O-])ccc2Cl)n1. The zero-order chi connectivity index (χ0) is 14.9. The fourth-order valence-corrected chi connectivity index (χ4v) is 2.77. The number of nitro groups is 1. The number of aromatic nitrogens is 2. The van der Waals surface area contributed by atoms with Gasteiger partial charge in [0.15, 0.2) is 5.82 Å². The van der Waals surface area contributed by atoms with Crippen LogP contribution >= 0.6 is 11.6 Å². The normalized spacial score (nSPS) is 11.3. The Kier molecular flexibility index (Phi) is 3.59. The summed E-state index contributed by atoms with van der Waals surface area (Å²) in [6.45, 7) is 1.50. The third-order valence-electron chi connectivity index (χ3n) is 2.16. The summed E-state index contributed by atoms with van der Waals surface area (Å²) >= 11 is 5.75. The van der Waals surface area contributed by atoms with Gasteiger partial charge in [0.05, 0.1) is 9.95 Å². The summed E-state index contributed by atoms with van der Waals surface area (Å²) in [5, 5.41) is 13.9. The summed E-state index contributed by atoms with van der Waals surface area (Å²) in [6, 6.07) is 2.70. The average Bonchev–Trinajstić information content (AvgIpc) is 2.73. The Morgan fingerprint density at radius 2 is 2.15 bits per heavy atom. The van der Waals surface area contributed by atoms with E-state index in [1.807, 2.05) is 4.72 Å². The van der Waals surface area contributed by atoms with Gasteiger partial charge in [0.1, 0.15) is 4.90 Å². The summed E-state index contributed by atoms with van der Waals surface area (Å²) < 4.78 is 30.7. The Hall–Kier alpha value is -2.20. The highest BCUT2D eigenvalue weighted by molar-refractivity contribution is 7.92. The molecule has 20 heavy (non-hydrogen) atoms. The van der Waals surface area contributed by atoms with Crippen molar-refractivity contribution in [2.45, 2.75) is 11.8 Å². The van der Waals surface area contributed by atoms with Gasteiger partial charge in [-0.2, -0.15) is 4.98 Å². The Morgan fingerprint density at radius 3 is 2.70 bits per heavy atom. The number of non-ortho nitro benzene ring substituents is 1. The van der Waals surface area contributed by atoms with Gasteiger partial charge in [-0.1, -0.05) is 16.8 Å². The van der Waals surface area contributed by atoms with Crippen molar-refractivity contribution in [3.05, 3.63) is 39.2 Å². The van der Waals surface area contributed by atoms with E-state index >= 15 is 0 Å². The molecule has 0 unspecified atom stereocenters. The monoisotopic (exact) mass is 318 g/mol. The van der Waals surface area contributed by atoms with E-state index in [9.17, 15) is 18.5 Å². The summed E-state index contributed by atoms with van der Waals surface area (Å²) in [5.74, 6) is 0.229. The molecule has 0 radical (unpaired) electrons. The maximum Gasteiger partial charge on any atom is 0.335 e. The van der Waals surface area contributed by atoms with Gasteiger partial charge in [-0.15, -0.1) is 0 Å². The van der Waals surface area contributed by atoms with Crippen LogP contribution in [0.15, 0.2) is 27.6 Å².